The average Bonchev–Trinajstić information content (AvgIpc) is 3.19. The molecule has 1 unspecified atom stereocenters. The summed E-state index contributed by atoms with van der Waals surface area (Å²) in [6, 6.07) is 8.97. The predicted molar refractivity (Wildman–Crippen MR) is 121 cm³/mol. The van der Waals surface area contributed by atoms with E-state index < -0.39 is 46.2 Å². The van der Waals surface area contributed by atoms with Gasteiger partial charge in [-0.05, 0) is 51.1 Å². The SMILES string of the molecule is COc1ccc2c(c1)C(=O)N(c1cc(F)cc(F)c1)C21C(=O)N(C(C)(C)C)c2c1ccc(F)c2F. The molecule has 2 aliphatic rings. The van der Waals surface area contributed by atoms with Crippen LogP contribution in [0.4, 0.5) is 28.9 Å². The van der Waals surface area contributed by atoms with E-state index >= 15 is 4.39 Å². The number of halogens is 4. The van der Waals surface area contributed by atoms with Crippen molar-refractivity contribution in [3.05, 3.63) is 88.5 Å². The number of ether oxygens (including phenoxy) is 1. The topological polar surface area (TPSA) is 49.9 Å². The Kier molecular flexibility index (Phi) is 4.78. The van der Waals surface area contributed by atoms with E-state index in [-0.39, 0.29) is 28.1 Å². The molecule has 5 nitrogen and oxygen atoms in total. The lowest BCUT2D eigenvalue weighted by atomic mass is 9.83. The summed E-state index contributed by atoms with van der Waals surface area (Å²) < 4.78 is 63.6. The maximum absolute atomic E-state index is 15.3. The Labute approximate surface area is 198 Å². The Hall–Kier alpha value is -3.88. The number of nitrogens with zero attached hydrogens (tertiary/aromatic N) is 2. The zero-order valence-electron chi connectivity index (χ0n) is 19.2. The Bertz CT molecular complexity index is 1410. The quantitative estimate of drug-likeness (QED) is 0.464. The standard InChI is InChI=1S/C26H20F4N2O3/c1-25(2,3)32-22-19(7-8-20(29)21(22)30)26(24(32)34)18-6-5-16(35-4)12-17(18)23(33)31(26)15-10-13(27)9-14(28)11-15/h5-12H,1-4H3. The molecule has 0 bridgehead atoms. The summed E-state index contributed by atoms with van der Waals surface area (Å²) in [5.41, 5.74) is -3.47. The van der Waals surface area contributed by atoms with Gasteiger partial charge in [0, 0.05) is 22.7 Å². The molecule has 2 aliphatic heterocycles. The summed E-state index contributed by atoms with van der Waals surface area (Å²) in [6.07, 6.45) is 0. The van der Waals surface area contributed by atoms with Gasteiger partial charge in [-0.3, -0.25) is 14.5 Å². The molecule has 0 saturated heterocycles. The van der Waals surface area contributed by atoms with Gasteiger partial charge in [-0.25, -0.2) is 17.6 Å². The number of carbonyl (C=O) groups is 2. The Balaban J connectivity index is 1.94. The van der Waals surface area contributed by atoms with E-state index in [9.17, 15) is 22.8 Å². The van der Waals surface area contributed by atoms with Crippen LogP contribution in [0.25, 0.3) is 0 Å². The lowest BCUT2D eigenvalue weighted by molar-refractivity contribution is -0.122. The summed E-state index contributed by atoms with van der Waals surface area (Å²) >= 11 is 0. The monoisotopic (exact) mass is 484 g/mol. The van der Waals surface area contributed by atoms with Gasteiger partial charge in [-0.1, -0.05) is 12.1 Å². The van der Waals surface area contributed by atoms with Crippen molar-refractivity contribution in [1.82, 2.24) is 0 Å². The van der Waals surface area contributed by atoms with E-state index in [0.717, 1.165) is 28.0 Å². The van der Waals surface area contributed by atoms with E-state index in [2.05, 4.69) is 0 Å². The van der Waals surface area contributed by atoms with Crippen LogP contribution in [0.3, 0.4) is 0 Å². The smallest absolute Gasteiger partial charge is 0.263 e. The number of hydrogen-bond donors (Lipinski definition) is 0. The number of amides is 2. The molecule has 1 atom stereocenters. The van der Waals surface area contributed by atoms with Crippen molar-refractivity contribution in [2.24, 2.45) is 0 Å². The first kappa shape index (κ1) is 22.9. The van der Waals surface area contributed by atoms with Gasteiger partial charge in [0.2, 0.25) is 0 Å². The minimum absolute atomic E-state index is 0.0155. The second-order valence-corrected chi connectivity index (χ2v) is 9.46. The second-order valence-electron chi connectivity index (χ2n) is 9.46. The highest BCUT2D eigenvalue weighted by atomic mass is 19.2. The Morgan fingerprint density at radius 1 is 0.857 bits per heavy atom. The number of carbonyl (C=O) groups excluding carboxylic acids is 2. The van der Waals surface area contributed by atoms with Gasteiger partial charge in [-0.2, -0.15) is 0 Å². The zero-order chi connectivity index (χ0) is 25.4. The largest absolute Gasteiger partial charge is 0.497 e. The van der Waals surface area contributed by atoms with E-state index in [1.807, 2.05) is 0 Å². The molecular weight excluding hydrogens is 464 g/mol. The lowest BCUT2D eigenvalue weighted by Crippen LogP contribution is -2.56. The van der Waals surface area contributed by atoms with Crippen LogP contribution in [-0.2, 0) is 10.3 Å². The first-order valence-electron chi connectivity index (χ1n) is 10.7. The van der Waals surface area contributed by atoms with E-state index in [1.165, 1.54) is 31.4 Å². The number of rotatable bonds is 2. The molecule has 2 amide bonds. The van der Waals surface area contributed by atoms with Crippen molar-refractivity contribution in [2.75, 3.05) is 16.9 Å². The van der Waals surface area contributed by atoms with Crippen LogP contribution < -0.4 is 14.5 Å². The molecule has 3 aromatic rings. The molecule has 2 heterocycles. The highest BCUT2D eigenvalue weighted by molar-refractivity contribution is 6.25. The molecule has 0 N–H and O–H groups in total. The fraction of sp³-hybridized carbons (Fsp3) is 0.231. The first-order chi connectivity index (χ1) is 16.4. The number of benzene rings is 3. The number of fused-ring (bicyclic) bond motifs is 4. The molecule has 0 aromatic heterocycles. The zero-order valence-corrected chi connectivity index (χ0v) is 19.2. The third-order valence-electron chi connectivity index (χ3n) is 6.36. The van der Waals surface area contributed by atoms with Crippen LogP contribution in [0.15, 0.2) is 48.5 Å². The van der Waals surface area contributed by atoms with Crippen molar-refractivity contribution >= 4 is 23.2 Å². The van der Waals surface area contributed by atoms with Gasteiger partial charge in [0.25, 0.3) is 11.8 Å². The van der Waals surface area contributed by atoms with E-state index in [0.29, 0.717) is 11.8 Å². The van der Waals surface area contributed by atoms with Crippen LogP contribution in [-0.4, -0.2) is 24.5 Å². The third-order valence-corrected chi connectivity index (χ3v) is 6.36. The molecule has 0 aliphatic carbocycles. The van der Waals surface area contributed by atoms with Crippen molar-refractivity contribution in [3.8, 4) is 5.75 Å². The summed E-state index contributed by atoms with van der Waals surface area (Å²) in [4.78, 5) is 30.2. The Morgan fingerprint density at radius 2 is 1.49 bits per heavy atom. The van der Waals surface area contributed by atoms with Crippen LogP contribution in [0, 0.1) is 23.3 Å². The van der Waals surface area contributed by atoms with Crippen molar-refractivity contribution < 1.29 is 31.9 Å². The molecule has 0 radical (unpaired) electrons. The van der Waals surface area contributed by atoms with Crippen LogP contribution in [0.5, 0.6) is 5.75 Å². The van der Waals surface area contributed by atoms with Gasteiger partial charge in [0.1, 0.15) is 17.4 Å². The molecule has 0 saturated carbocycles. The molecule has 9 heteroatoms. The van der Waals surface area contributed by atoms with Gasteiger partial charge >= 0.3 is 0 Å². The van der Waals surface area contributed by atoms with Gasteiger partial charge in [-0.15, -0.1) is 0 Å². The molecule has 1 spiro atoms. The van der Waals surface area contributed by atoms with Gasteiger partial charge in [0.05, 0.1) is 24.0 Å². The molecule has 35 heavy (non-hydrogen) atoms. The van der Waals surface area contributed by atoms with Crippen LogP contribution in [0.1, 0.15) is 42.3 Å². The highest BCUT2D eigenvalue weighted by Gasteiger charge is 2.65. The lowest BCUT2D eigenvalue weighted by Gasteiger charge is -2.38. The number of methoxy groups -OCH3 is 1. The third kappa shape index (κ3) is 2.93. The maximum Gasteiger partial charge on any atom is 0.263 e. The van der Waals surface area contributed by atoms with Crippen molar-refractivity contribution in [3.63, 3.8) is 0 Å². The fourth-order valence-corrected chi connectivity index (χ4v) is 5.06. The first-order valence-corrected chi connectivity index (χ1v) is 10.7. The minimum atomic E-state index is -2.03. The van der Waals surface area contributed by atoms with Crippen LogP contribution in [0.2, 0.25) is 0 Å². The summed E-state index contributed by atoms with van der Waals surface area (Å²) in [5.74, 6) is -5.58. The molecular formula is C26H20F4N2O3. The summed E-state index contributed by atoms with van der Waals surface area (Å²) in [5, 5.41) is 0. The summed E-state index contributed by atoms with van der Waals surface area (Å²) in [6.45, 7) is 4.90. The fourth-order valence-electron chi connectivity index (χ4n) is 5.06. The maximum atomic E-state index is 15.3. The Morgan fingerprint density at radius 3 is 2.09 bits per heavy atom. The predicted octanol–water partition coefficient (Wildman–Crippen LogP) is 5.30. The molecule has 0 fully saturated rings. The average molecular weight is 484 g/mol. The van der Waals surface area contributed by atoms with Crippen LogP contribution >= 0.6 is 0 Å². The normalized spacial score (nSPS) is 19.0. The number of anilines is 2. The number of hydrogen-bond acceptors (Lipinski definition) is 3. The summed E-state index contributed by atoms with van der Waals surface area (Å²) in [7, 11) is 1.39. The van der Waals surface area contributed by atoms with E-state index in [4.69, 9.17) is 4.74 Å². The molecule has 180 valence electrons. The van der Waals surface area contributed by atoms with Crippen molar-refractivity contribution in [1.29, 1.82) is 0 Å². The van der Waals surface area contributed by atoms with Gasteiger partial charge in [0.15, 0.2) is 17.2 Å². The highest BCUT2D eigenvalue weighted by Crippen LogP contribution is 2.57. The minimum Gasteiger partial charge on any atom is -0.497 e. The van der Waals surface area contributed by atoms with Gasteiger partial charge < -0.3 is 9.64 Å². The van der Waals surface area contributed by atoms with E-state index in [1.54, 1.807) is 20.8 Å². The molecule has 5 rings (SSSR count). The second kappa shape index (κ2) is 7.31. The molecule has 3 aromatic carbocycles. The van der Waals surface area contributed by atoms with Crippen molar-refractivity contribution in [2.45, 2.75) is 31.8 Å².